The fourth-order valence-electron chi connectivity index (χ4n) is 1.32. The van der Waals surface area contributed by atoms with Crippen molar-refractivity contribution < 1.29 is 14.3 Å². The minimum absolute atomic E-state index is 0.0285. The van der Waals surface area contributed by atoms with Crippen molar-refractivity contribution >= 4 is 75.2 Å². The van der Waals surface area contributed by atoms with E-state index in [9.17, 15) is 4.79 Å². The molecule has 0 spiro atoms. The number of thiazole rings is 1. The Morgan fingerprint density at radius 3 is 2.90 bits per heavy atom. The zero-order valence-electron chi connectivity index (χ0n) is 11.4. The van der Waals surface area contributed by atoms with Gasteiger partial charge in [0.15, 0.2) is 5.69 Å². The number of aromatic nitrogens is 1. The van der Waals surface area contributed by atoms with Gasteiger partial charge in [-0.25, -0.2) is 9.78 Å². The number of hydrogen-bond donors (Lipinski definition) is 0. The monoisotopic (exact) mass is 569 g/mol. The molecule has 0 unspecified atom stereocenters. The van der Waals surface area contributed by atoms with Crippen LogP contribution < -0.4 is 0 Å². The Morgan fingerprint density at radius 1 is 1.52 bits per heavy atom. The number of hydrogen-bond acceptors (Lipinski definition) is 6. The third kappa shape index (κ3) is 8.26. The van der Waals surface area contributed by atoms with Crippen LogP contribution in [0.5, 0.6) is 0 Å². The normalized spacial score (nSPS) is 13.4. The van der Waals surface area contributed by atoms with Crippen molar-refractivity contribution in [1.82, 2.24) is 4.98 Å². The van der Waals surface area contributed by atoms with E-state index in [1.54, 1.807) is 12.5 Å². The smallest absolute Gasteiger partial charge is 0.357 e. The predicted molar refractivity (Wildman–Crippen MR) is 109 cm³/mol. The van der Waals surface area contributed by atoms with Crippen LogP contribution in [0.2, 0.25) is 0 Å². The molecule has 4 nitrogen and oxygen atoms in total. The van der Waals surface area contributed by atoms with Crippen molar-refractivity contribution in [2.45, 2.75) is 12.5 Å². The van der Waals surface area contributed by atoms with Gasteiger partial charge >= 0.3 is 5.97 Å². The van der Waals surface area contributed by atoms with Gasteiger partial charge in [0.2, 0.25) is 0 Å². The maximum absolute atomic E-state index is 11.3. The molecule has 0 saturated carbocycles. The number of allylic oxidation sites excluding steroid dienone is 2. The standard InChI is InChI=1S/C12H14I2NO3PS2/c1-17-9(5-3-4-6-21-19(13)14)7-11-15-10(8-20-11)12(16)18-2/h3-6,8-9H,7H2,1-2H3/b5-3+,6-4-/t9-/m0/s1. The number of nitrogens with zero attached hydrogens (tertiary/aromatic N) is 1. The first-order valence-electron chi connectivity index (χ1n) is 5.74. The van der Waals surface area contributed by atoms with Gasteiger partial charge in [-0.05, 0) is 49.5 Å². The highest BCUT2D eigenvalue weighted by molar-refractivity contribution is 14.3. The number of ether oxygens (including phenoxy) is 2. The van der Waals surface area contributed by atoms with Gasteiger partial charge in [-0.15, -0.1) is 11.3 Å². The quantitative estimate of drug-likeness (QED) is 0.182. The number of carbonyl (C=O) groups excluding carboxylic acids is 1. The van der Waals surface area contributed by atoms with Gasteiger partial charge in [0.25, 0.3) is 0 Å². The summed E-state index contributed by atoms with van der Waals surface area (Å²) in [5.41, 5.74) is 0.352. The highest BCUT2D eigenvalue weighted by Gasteiger charge is 2.13. The molecule has 0 N–H and O–H groups in total. The van der Waals surface area contributed by atoms with Crippen LogP contribution in [0.15, 0.2) is 29.0 Å². The Bertz CT molecular complexity index is 508. The van der Waals surface area contributed by atoms with Gasteiger partial charge in [-0.3, -0.25) is 0 Å². The molecule has 0 saturated heterocycles. The summed E-state index contributed by atoms with van der Waals surface area (Å²) in [6.07, 6.45) is 6.55. The van der Waals surface area contributed by atoms with Crippen molar-refractivity contribution in [3.8, 4) is 0 Å². The number of halogens is 2. The Kier molecular flexibility index (Phi) is 10.7. The summed E-state index contributed by atoms with van der Waals surface area (Å²) in [5.74, 6) is -0.406. The van der Waals surface area contributed by atoms with Crippen molar-refractivity contribution in [2.75, 3.05) is 14.2 Å². The summed E-state index contributed by atoms with van der Waals surface area (Å²) in [4.78, 5) is 15.6. The molecule has 0 bridgehead atoms. The summed E-state index contributed by atoms with van der Waals surface area (Å²) in [7, 11) is 3.01. The Balaban J connectivity index is 2.53. The van der Waals surface area contributed by atoms with E-state index in [1.165, 1.54) is 18.4 Å². The summed E-state index contributed by atoms with van der Waals surface area (Å²) in [6.45, 7) is 0. The summed E-state index contributed by atoms with van der Waals surface area (Å²) in [6, 6.07) is 0. The van der Waals surface area contributed by atoms with Crippen molar-refractivity contribution in [1.29, 1.82) is 0 Å². The molecule has 0 aliphatic rings. The number of methoxy groups -OCH3 is 2. The molecule has 0 aliphatic heterocycles. The molecule has 1 atom stereocenters. The van der Waals surface area contributed by atoms with Gasteiger partial charge in [-0.1, -0.05) is 29.6 Å². The largest absolute Gasteiger partial charge is 0.464 e. The Hall–Kier alpha value is 0.780. The molecule has 0 fully saturated rings. The zero-order valence-corrected chi connectivity index (χ0v) is 18.2. The predicted octanol–water partition coefficient (Wildman–Crippen LogP) is 5.39. The lowest BCUT2D eigenvalue weighted by Gasteiger charge is -2.07. The van der Waals surface area contributed by atoms with E-state index in [0.717, 1.165) is 5.01 Å². The molecular weight excluding hydrogens is 555 g/mol. The molecule has 1 heterocycles. The molecule has 116 valence electrons. The molecule has 1 rings (SSSR count). The second-order valence-electron chi connectivity index (χ2n) is 3.62. The van der Waals surface area contributed by atoms with Crippen molar-refractivity contribution in [3.63, 3.8) is 0 Å². The lowest BCUT2D eigenvalue weighted by Crippen LogP contribution is -2.11. The van der Waals surface area contributed by atoms with Gasteiger partial charge < -0.3 is 9.47 Å². The Morgan fingerprint density at radius 2 is 2.29 bits per heavy atom. The second-order valence-corrected chi connectivity index (χ2v) is 22.4. The van der Waals surface area contributed by atoms with E-state index in [4.69, 9.17) is 4.74 Å². The maximum Gasteiger partial charge on any atom is 0.357 e. The molecule has 21 heavy (non-hydrogen) atoms. The van der Waals surface area contributed by atoms with Crippen LogP contribution in [0.4, 0.5) is 0 Å². The first-order valence-corrected chi connectivity index (χ1v) is 15.0. The number of esters is 1. The van der Waals surface area contributed by atoms with Crippen LogP contribution in [-0.4, -0.2) is 31.3 Å². The lowest BCUT2D eigenvalue weighted by molar-refractivity contribution is 0.0594. The summed E-state index contributed by atoms with van der Waals surface area (Å²) >= 11 is 8.07. The molecular formula is C12H14I2NO3PS2. The third-order valence-corrected chi connectivity index (χ3v) is 8.53. The van der Waals surface area contributed by atoms with Crippen molar-refractivity contribution in [2.24, 2.45) is 0 Å². The van der Waals surface area contributed by atoms with Crippen LogP contribution in [0.1, 0.15) is 15.5 Å². The summed E-state index contributed by atoms with van der Waals surface area (Å²) < 4.78 is 10.0. The summed E-state index contributed by atoms with van der Waals surface area (Å²) in [5, 5.41) is 4.64. The van der Waals surface area contributed by atoms with E-state index in [0.29, 0.717) is 12.1 Å². The molecule has 1 aromatic rings. The van der Waals surface area contributed by atoms with E-state index in [2.05, 4.69) is 59.2 Å². The van der Waals surface area contributed by atoms with E-state index >= 15 is 0 Å². The minimum Gasteiger partial charge on any atom is -0.464 e. The van der Waals surface area contributed by atoms with Crippen LogP contribution in [0.25, 0.3) is 0 Å². The maximum atomic E-state index is 11.3. The van der Waals surface area contributed by atoms with Gasteiger partial charge in [0.1, 0.15) is 0 Å². The van der Waals surface area contributed by atoms with Crippen LogP contribution in [0, 0.1) is 0 Å². The topological polar surface area (TPSA) is 48.4 Å². The average molecular weight is 569 g/mol. The highest BCUT2D eigenvalue weighted by atomic mass is 127. The average Bonchev–Trinajstić information content (AvgIpc) is 2.93. The van der Waals surface area contributed by atoms with Crippen molar-refractivity contribution in [3.05, 3.63) is 39.7 Å². The SMILES string of the molecule is COC(=O)c1csc(C[C@H](/C=C/C=C\SP(I)I)OC)n1. The molecule has 0 amide bonds. The van der Waals surface area contributed by atoms with E-state index < -0.39 is 5.97 Å². The number of rotatable bonds is 8. The molecule has 0 aliphatic carbocycles. The lowest BCUT2D eigenvalue weighted by atomic mass is 10.2. The number of carbonyl (C=O) groups is 1. The van der Waals surface area contributed by atoms with E-state index in [1.807, 2.05) is 29.6 Å². The van der Waals surface area contributed by atoms with Crippen LogP contribution >= 0.6 is 69.2 Å². The minimum atomic E-state index is -0.406. The fourth-order valence-corrected chi connectivity index (χ4v) is 5.23. The Labute approximate surface area is 159 Å². The van der Waals surface area contributed by atoms with E-state index in [-0.39, 0.29) is 8.51 Å². The first-order chi connectivity index (χ1) is 10.1. The van der Waals surface area contributed by atoms with Gasteiger partial charge in [0.05, 0.1) is 20.6 Å². The first kappa shape index (κ1) is 19.8. The second kappa shape index (κ2) is 11.3. The molecule has 0 aromatic carbocycles. The fraction of sp³-hybridized carbons (Fsp3) is 0.333. The third-order valence-electron chi connectivity index (χ3n) is 2.28. The molecule has 0 radical (unpaired) electrons. The van der Waals surface area contributed by atoms with Gasteiger partial charge in [-0.2, -0.15) is 0 Å². The van der Waals surface area contributed by atoms with Crippen LogP contribution in [0.3, 0.4) is 0 Å². The zero-order chi connectivity index (χ0) is 15.7. The van der Waals surface area contributed by atoms with Crippen LogP contribution in [-0.2, 0) is 15.9 Å². The van der Waals surface area contributed by atoms with Gasteiger partial charge in [0, 0.05) is 18.9 Å². The molecule has 1 aromatic heterocycles. The molecule has 9 heteroatoms. The highest BCUT2D eigenvalue weighted by Crippen LogP contribution is 2.65.